The zero-order valence-corrected chi connectivity index (χ0v) is 25.2. The number of aliphatic imine (C=N–C) groups is 1. The van der Waals surface area contributed by atoms with Crippen LogP contribution in [0.15, 0.2) is 36.3 Å². The second-order valence-electron chi connectivity index (χ2n) is 7.09. The topological polar surface area (TPSA) is 74.0 Å². The molecule has 0 bridgehead atoms. The second kappa shape index (κ2) is 26.4. The molecule has 1 atom stereocenters. The van der Waals surface area contributed by atoms with E-state index in [9.17, 15) is 9.28 Å². The number of hydrogen-bond donors (Lipinski definition) is 2. The third kappa shape index (κ3) is 14.6. The summed E-state index contributed by atoms with van der Waals surface area (Å²) in [4.78, 5) is 21.1. The number of nitrogens with one attached hydrogen (secondary N) is 1. The highest BCUT2D eigenvalue weighted by atomic mass is 19.2. The minimum absolute atomic E-state index is 0.157. The highest BCUT2D eigenvalue weighted by Gasteiger charge is 2.33. The number of piperazine rings is 1. The number of carbonyl (C=O) groups is 1. The first-order valence-corrected chi connectivity index (χ1v) is 14.1. The molecule has 1 fully saturated rings. The van der Waals surface area contributed by atoms with Crippen LogP contribution in [0.1, 0.15) is 91.8 Å². The Morgan fingerprint density at radius 2 is 1.68 bits per heavy atom. The number of benzene rings is 1. The first-order valence-electron chi connectivity index (χ1n) is 14.1. The third-order valence-electron chi connectivity index (χ3n) is 5.38. The Morgan fingerprint density at radius 3 is 2.19 bits per heavy atom. The van der Waals surface area contributed by atoms with Crippen LogP contribution in [0.5, 0.6) is 0 Å². The quantitative estimate of drug-likeness (QED) is 0.155. The fourth-order valence-corrected chi connectivity index (χ4v) is 3.71. The number of rotatable bonds is 10. The predicted octanol–water partition coefficient (Wildman–Crippen LogP) is 6.72. The molecule has 1 heterocycles. The fourth-order valence-electron chi connectivity index (χ4n) is 3.71. The highest BCUT2D eigenvalue weighted by Crippen LogP contribution is 2.19. The van der Waals surface area contributed by atoms with Crippen molar-refractivity contribution in [2.75, 3.05) is 32.7 Å². The number of carbonyl (C=O) groups excluding carboxylic acids is 1. The summed E-state index contributed by atoms with van der Waals surface area (Å²) in [6.45, 7) is 29.3. The number of likely N-dealkylation sites (N-methyl/N-ethyl adjacent to an activating group) is 1. The van der Waals surface area contributed by atoms with E-state index in [1.165, 1.54) is 11.1 Å². The normalized spacial score (nSPS) is 14.8. The van der Waals surface area contributed by atoms with Crippen molar-refractivity contribution in [2.24, 2.45) is 10.7 Å². The Balaban J connectivity index is -0.00000131. The Kier molecular flexibility index (Phi) is 27.7. The van der Waals surface area contributed by atoms with Gasteiger partial charge in [0, 0.05) is 26.2 Å². The summed E-state index contributed by atoms with van der Waals surface area (Å²) in [6.07, 6.45) is 5.80. The van der Waals surface area contributed by atoms with Crippen molar-refractivity contribution in [3.63, 3.8) is 0 Å². The Labute approximate surface area is 227 Å². The largest absolute Gasteiger partial charge is 0.368 e. The van der Waals surface area contributed by atoms with Crippen molar-refractivity contribution in [1.29, 1.82) is 0 Å². The Bertz CT molecular complexity index is 751. The molecule has 6 nitrogen and oxygen atoms in total. The number of nitrogens with zero attached hydrogens (tertiary/aromatic N) is 3. The summed E-state index contributed by atoms with van der Waals surface area (Å²) < 4.78 is 12.1. The van der Waals surface area contributed by atoms with Crippen molar-refractivity contribution < 1.29 is 9.28 Å². The summed E-state index contributed by atoms with van der Waals surface area (Å²) in [7, 11) is 0. The van der Waals surface area contributed by atoms with E-state index in [1.54, 1.807) is 0 Å². The average Bonchev–Trinajstić information content (AvgIpc) is 2.98. The van der Waals surface area contributed by atoms with Gasteiger partial charge in [0.25, 0.3) is 0 Å². The van der Waals surface area contributed by atoms with Crippen molar-refractivity contribution in [1.82, 2.24) is 15.3 Å². The Hall–Kier alpha value is -2.67. The lowest BCUT2D eigenvalue weighted by molar-refractivity contribution is -0.142. The zero-order chi connectivity index (χ0) is 29.2. The van der Waals surface area contributed by atoms with E-state index in [0.717, 1.165) is 37.2 Å². The smallest absolute Gasteiger partial charge is 0.239 e. The molecule has 3 N–H and O–H groups in total. The lowest BCUT2D eigenvalue weighted by Gasteiger charge is -2.40. The molecule has 0 aromatic heterocycles. The summed E-state index contributed by atoms with van der Waals surface area (Å²) in [5, 5.41) is 0. The van der Waals surface area contributed by atoms with Gasteiger partial charge in [0.1, 0.15) is 0 Å². The molecule has 1 unspecified atom stereocenters. The monoisotopic (exact) mass is 521 g/mol. The fraction of sp³-hybridized carbons (Fsp3) is 0.600. The molecule has 1 amide bonds. The van der Waals surface area contributed by atoms with Crippen LogP contribution in [0, 0.1) is 0 Å². The number of nitrogens with two attached hydrogens (primary N) is 1. The third-order valence-corrected chi connectivity index (χ3v) is 5.38. The molecule has 214 valence electrons. The zero-order valence-electron chi connectivity index (χ0n) is 25.2. The van der Waals surface area contributed by atoms with Gasteiger partial charge in [-0.25, -0.2) is 0 Å². The van der Waals surface area contributed by atoms with Crippen LogP contribution >= 0.6 is 0 Å². The molecule has 0 aliphatic carbocycles. The van der Waals surface area contributed by atoms with Gasteiger partial charge in [-0.15, -0.1) is 4.48 Å². The summed E-state index contributed by atoms with van der Waals surface area (Å²) >= 11 is 0. The standard InChI is InChI=1S/C22H32FN5O.4C2H6/c1-4-18-10-9-17(16-19(18)5-2)11-13-28-15-14-27(6-3)20(21(28)29)8-7-12-25-22(24)26-23;4*1-2/h4-5,9-10,16,20H,1-2,6-8,11-15H2,3H3,(H3,24,25,26);4*1-2H3. The van der Waals surface area contributed by atoms with Crippen LogP contribution in [-0.2, 0) is 11.2 Å². The summed E-state index contributed by atoms with van der Waals surface area (Å²) in [5.41, 5.74) is 9.90. The molecular formula is C30H56FN5O. The molecule has 0 saturated carbocycles. The van der Waals surface area contributed by atoms with E-state index in [1.807, 2.05) is 78.5 Å². The van der Waals surface area contributed by atoms with Gasteiger partial charge in [-0.2, -0.15) is 5.54 Å². The molecule has 1 aliphatic heterocycles. The first kappa shape index (κ1) is 38.9. The first-order chi connectivity index (χ1) is 18.0. The summed E-state index contributed by atoms with van der Waals surface area (Å²) in [6, 6.07) is 6.07. The van der Waals surface area contributed by atoms with Gasteiger partial charge in [0.05, 0.1) is 6.04 Å². The van der Waals surface area contributed by atoms with E-state index < -0.39 is 0 Å². The van der Waals surface area contributed by atoms with Crippen LogP contribution in [0.4, 0.5) is 4.48 Å². The minimum Gasteiger partial charge on any atom is -0.368 e. The maximum atomic E-state index is 13.0. The van der Waals surface area contributed by atoms with Gasteiger partial charge in [-0.05, 0) is 42.5 Å². The van der Waals surface area contributed by atoms with E-state index in [4.69, 9.17) is 5.73 Å². The molecule has 0 radical (unpaired) electrons. The minimum atomic E-state index is -0.227. The van der Waals surface area contributed by atoms with Gasteiger partial charge >= 0.3 is 0 Å². The number of guanidine groups is 1. The number of amides is 1. The molecule has 1 saturated heterocycles. The molecule has 37 heavy (non-hydrogen) atoms. The lowest BCUT2D eigenvalue weighted by atomic mass is 10.0. The van der Waals surface area contributed by atoms with E-state index in [2.05, 4.69) is 42.1 Å². The van der Waals surface area contributed by atoms with Crippen molar-refractivity contribution in [3.8, 4) is 0 Å². The van der Waals surface area contributed by atoms with Crippen LogP contribution in [0.2, 0.25) is 0 Å². The van der Waals surface area contributed by atoms with Crippen LogP contribution in [0.25, 0.3) is 12.2 Å². The number of halogens is 1. The van der Waals surface area contributed by atoms with Gasteiger partial charge in [0.15, 0.2) is 0 Å². The molecule has 1 aliphatic rings. The van der Waals surface area contributed by atoms with Crippen LogP contribution in [-0.4, -0.2) is 60.4 Å². The predicted molar refractivity (Wildman–Crippen MR) is 163 cm³/mol. The van der Waals surface area contributed by atoms with Crippen molar-refractivity contribution in [2.45, 2.75) is 87.6 Å². The van der Waals surface area contributed by atoms with Gasteiger partial charge < -0.3 is 10.6 Å². The van der Waals surface area contributed by atoms with Gasteiger partial charge in [-0.1, -0.05) is 106 Å². The van der Waals surface area contributed by atoms with Crippen LogP contribution < -0.4 is 11.3 Å². The molecule has 1 aromatic rings. The van der Waals surface area contributed by atoms with Gasteiger partial charge in [-0.3, -0.25) is 14.7 Å². The molecular weight excluding hydrogens is 465 g/mol. The molecule has 7 heteroatoms. The van der Waals surface area contributed by atoms with Crippen molar-refractivity contribution in [3.05, 3.63) is 48.0 Å². The maximum Gasteiger partial charge on any atom is 0.239 e. The van der Waals surface area contributed by atoms with Gasteiger partial charge in [0.2, 0.25) is 11.9 Å². The van der Waals surface area contributed by atoms with E-state index in [-0.39, 0.29) is 17.9 Å². The SMILES string of the molecule is C=Cc1ccc(CCN2CCN(CC)C(CCCN=C(N)NF)C2=O)cc1C=C.CC.CC.CC.CC. The summed E-state index contributed by atoms with van der Waals surface area (Å²) in [5.74, 6) is -0.0689. The molecule has 1 aromatic carbocycles. The maximum absolute atomic E-state index is 13.0. The van der Waals surface area contributed by atoms with E-state index in [0.29, 0.717) is 25.9 Å². The highest BCUT2D eigenvalue weighted by molar-refractivity contribution is 5.82. The second-order valence-corrected chi connectivity index (χ2v) is 7.09. The van der Waals surface area contributed by atoms with Crippen LogP contribution in [0.3, 0.4) is 0 Å². The number of hydrogen-bond acceptors (Lipinski definition) is 3. The average molecular weight is 522 g/mol. The van der Waals surface area contributed by atoms with E-state index >= 15 is 0 Å². The molecule has 2 rings (SSSR count). The van der Waals surface area contributed by atoms with Crippen molar-refractivity contribution >= 4 is 24.0 Å². The lowest BCUT2D eigenvalue weighted by Crippen LogP contribution is -2.57. The molecule has 0 spiro atoms. The Morgan fingerprint density at radius 1 is 1.08 bits per heavy atom.